The monoisotopic (exact) mass is 246 g/mol. The van der Waals surface area contributed by atoms with Crippen molar-refractivity contribution in [3.8, 4) is 11.8 Å². The highest BCUT2D eigenvalue weighted by Crippen LogP contribution is 2.04. The van der Waals surface area contributed by atoms with Crippen molar-refractivity contribution in [2.75, 3.05) is 6.61 Å². The molecule has 0 bridgehead atoms. The van der Waals surface area contributed by atoms with E-state index in [0.717, 1.165) is 5.56 Å². The molecule has 0 saturated carbocycles. The normalized spacial score (nSPS) is 10.4. The minimum Gasteiger partial charge on any atom is -0.456 e. The molecule has 0 aliphatic carbocycles. The zero-order chi connectivity index (χ0) is 12.9. The van der Waals surface area contributed by atoms with Gasteiger partial charge in [0.25, 0.3) is 0 Å². The summed E-state index contributed by atoms with van der Waals surface area (Å²) in [7, 11) is -1.32. The summed E-state index contributed by atoms with van der Waals surface area (Å²) in [6.45, 7) is 8.98. The molecule has 0 unspecified atom stereocenters. The van der Waals surface area contributed by atoms with Crippen LogP contribution in [0.1, 0.15) is 12.5 Å². The SMILES string of the molecule is CCOC(=O)C#Cc1cccc([Si](C)(C)C)c1. The molecular weight excluding hydrogens is 228 g/mol. The van der Waals surface area contributed by atoms with Crippen molar-refractivity contribution in [3.05, 3.63) is 29.8 Å². The first-order valence-corrected chi connectivity index (χ1v) is 9.23. The van der Waals surface area contributed by atoms with Gasteiger partial charge < -0.3 is 4.74 Å². The number of esters is 1. The smallest absolute Gasteiger partial charge is 0.384 e. The number of rotatable bonds is 2. The van der Waals surface area contributed by atoms with Crippen molar-refractivity contribution in [2.24, 2.45) is 0 Å². The van der Waals surface area contributed by atoms with Crippen molar-refractivity contribution in [2.45, 2.75) is 26.6 Å². The lowest BCUT2D eigenvalue weighted by Gasteiger charge is -2.16. The molecular formula is C14H18O2Si. The zero-order valence-electron chi connectivity index (χ0n) is 10.8. The van der Waals surface area contributed by atoms with Crippen LogP contribution in [-0.4, -0.2) is 20.7 Å². The molecule has 3 heteroatoms. The summed E-state index contributed by atoms with van der Waals surface area (Å²) in [6, 6.07) is 8.10. The van der Waals surface area contributed by atoms with E-state index in [0.29, 0.717) is 6.61 Å². The molecule has 1 aromatic carbocycles. The van der Waals surface area contributed by atoms with Gasteiger partial charge in [-0.05, 0) is 19.1 Å². The molecule has 0 fully saturated rings. The van der Waals surface area contributed by atoms with Crippen molar-refractivity contribution >= 4 is 19.2 Å². The van der Waals surface area contributed by atoms with E-state index in [1.54, 1.807) is 6.92 Å². The molecule has 0 saturated heterocycles. The van der Waals surface area contributed by atoms with Crippen LogP contribution in [0.2, 0.25) is 19.6 Å². The Morgan fingerprint density at radius 1 is 1.35 bits per heavy atom. The number of benzene rings is 1. The van der Waals surface area contributed by atoms with Gasteiger partial charge in [0.2, 0.25) is 0 Å². The summed E-state index contributed by atoms with van der Waals surface area (Å²) in [5, 5.41) is 1.34. The summed E-state index contributed by atoms with van der Waals surface area (Å²) in [6.07, 6.45) is 0. The van der Waals surface area contributed by atoms with Crippen LogP contribution in [0, 0.1) is 11.8 Å². The summed E-state index contributed by atoms with van der Waals surface area (Å²) in [5.41, 5.74) is 0.873. The van der Waals surface area contributed by atoms with Crippen LogP contribution in [0.4, 0.5) is 0 Å². The van der Waals surface area contributed by atoms with E-state index in [1.165, 1.54) is 5.19 Å². The van der Waals surface area contributed by atoms with Crippen molar-refractivity contribution in [1.82, 2.24) is 0 Å². The lowest BCUT2D eigenvalue weighted by atomic mass is 10.2. The summed E-state index contributed by atoms with van der Waals surface area (Å²) in [4.78, 5) is 11.1. The van der Waals surface area contributed by atoms with Crippen LogP contribution in [-0.2, 0) is 9.53 Å². The van der Waals surface area contributed by atoms with Crippen molar-refractivity contribution in [1.29, 1.82) is 0 Å². The average Bonchev–Trinajstić information content (AvgIpc) is 2.26. The highest BCUT2D eigenvalue weighted by Gasteiger charge is 2.15. The average molecular weight is 246 g/mol. The van der Waals surface area contributed by atoms with E-state index in [9.17, 15) is 4.79 Å². The van der Waals surface area contributed by atoms with Gasteiger partial charge in [-0.15, -0.1) is 0 Å². The van der Waals surface area contributed by atoms with Gasteiger partial charge in [0, 0.05) is 11.5 Å². The first kappa shape index (κ1) is 13.5. The first-order valence-electron chi connectivity index (χ1n) is 5.73. The molecule has 0 radical (unpaired) electrons. The van der Waals surface area contributed by atoms with Crippen molar-refractivity contribution < 1.29 is 9.53 Å². The maximum absolute atomic E-state index is 11.1. The third-order valence-electron chi connectivity index (χ3n) is 2.31. The molecule has 0 heterocycles. The number of hydrogen-bond acceptors (Lipinski definition) is 2. The Hall–Kier alpha value is -1.53. The quantitative estimate of drug-likeness (QED) is 0.454. The van der Waals surface area contributed by atoms with Crippen LogP contribution in [0.15, 0.2) is 24.3 Å². The van der Waals surface area contributed by atoms with E-state index in [2.05, 4.69) is 43.6 Å². The molecule has 1 rings (SSSR count). The molecule has 0 aliphatic heterocycles. The van der Waals surface area contributed by atoms with Gasteiger partial charge in [-0.3, -0.25) is 0 Å². The topological polar surface area (TPSA) is 26.3 Å². The van der Waals surface area contributed by atoms with Crippen molar-refractivity contribution in [3.63, 3.8) is 0 Å². The van der Waals surface area contributed by atoms with Gasteiger partial charge in [-0.1, -0.05) is 42.9 Å². The minimum absolute atomic E-state index is 0.364. The third-order valence-corrected chi connectivity index (χ3v) is 4.36. The fourth-order valence-electron chi connectivity index (χ4n) is 1.35. The molecule has 0 aromatic heterocycles. The Bertz CT molecular complexity index is 461. The maximum atomic E-state index is 11.1. The number of ether oxygens (including phenoxy) is 1. The first-order chi connectivity index (χ1) is 7.93. The highest BCUT2D eigenvalue weighted by molar-refractivity contribution is 6.88. The predicted molar refractivity (Wildman–Crippen MR) is 72.9 cm³/mol. The van der Waals surface area contributed by atoms with Gasteiger partial charge in [-0.25, -0.2) is 4.79 Å². The second kappa shape index (κ2) is 5.69. The van der Waals surface area contributed by atoms with Gasteiger partial charge in [-0.2, -0.15) is 0 Å². The number of carbonyl (C=O) groups excluding carboxylic acids is 1. The molecule has 0 spiro atoms. The molecule has 0 N–H and O–H groups in total. The second-order valence-corrected chi connectivity index (χ2v) is 9.88. The van der Waals surface area contributed by atoms with Crippen LogP contribution in [0.3, 0.4) is 0 Å². The minimum atomic E-state index is -1.32. The van der Waals surface area contributed by atoms with Gasteiger partial charge >= 0.3 is 5.97 Å². The van der Waals surface area contributed by atoms with Crippen LogP contribution < -0.4 is 5.19 Å². The van der Waals surface area contributed by atoms with Gasteiger partial charge in [0.05, 0.1) is 14.7 Å². The summed E-state index contributed by atoms with van der Waals surface area (Å²) >= 11 is 0. The van der Waals surface area contributed by atoms with Crippen LogP contribution in [0.5, 0.6) is 0 Å². The van der Waals surface area contributed by atoms with Gasteiger partial charge in [0.15, 0.2) is 0 Å². The molecule has 0 aliphatic rings. The zero-order valence-corrected chi connectivity index (χ0v) is 11.8. The van der Waals surface area contributed by atoms with E-state index in [-0.39, 0.29) is 0 Å². The predicted octanol–water partition coefficient (Wildman–Crippen LogP) is 2.15. The fraction of sp³-hybridized carbons (Fsp3) is 0.357. The standard InChI is InChI=1S/C14H18O2Si/c1-5-16-14(15)10-9-12-7-6-8-13(11-12)17(2,3)4/h6-8,11H,5H2,1-4H3. The van der Waals surface area contributed by atoms with Gasteiger partial charge in [0.1, 0.15) is 0 Å². The summed E-state index contributed by atoms with van der Waals surface area (Å²) in [5.74, 6) is 4.86. The highest BCUT2D eigenvalue weighted by atomic mass is 28.3. The Kier molecular flexibility index (Phi) is 4.53. The largest absolute Gasteiger partial charge is 0.456 e. The lowest BCUT2D eigenvalue weighted by molar-refractivity contribution is -0.136. The summed E-state index contributed by atoms with van der Waals surface area (Å²) < 4.78 is 4.76. The molecule has 0 amide bonds. The lowest BCUT2D eigenvalue weighted by Crippen LogP contribution is -2.37. The van der Waals surface area contributed by atoms with E-state index >= 15 is 0 Å². The number of hydrogen-bond donors (Lipinski definition) is 0. The molecule has 2 nitrogen and oxygen atoms in total. The Morgan fingerprint density at radius 2 is 2.06 bits per heavy atom. The molecule has 1 aromatic rings. The maximum Gasteiger partial charge on any atom is 0.384 e. The van der Waals surface area contributed by atoms with Crippen LogP contribution >= 0.6 is 0 Å². The second-order valence-electron chi connectivity index (χ2n) is 4.80. The van der Waals surface area contributed by atoms with E-state index < -0.39 is 14.0 Å². The van der Waals surface area contributed by atoms with Crippen LogP contribution in [0.25, 0.3) is 0 Å². The number of carbonyl (C=O) groups is 1. The Morgan fingerprint density at radius 3 is 2.65 bits per heavy atom. The Labute approximate surface area is 104 Å². The third kappa shape index (κ3) is 4.45. The fourth-order valence-corrected chi connectivity index (χ4v) is 2.54. The van der Waals surface area contributed by atoms with E-state index in [1.807, 2.05) is 12.1 Å². The molecule has 17 heavy (non-hydrogen) atoms. The Balaban J connectivity index is 2.90. The van der Waals surface area contributed by atoms with E-state index in [4.69, 9.17) is 4.74 Å². The molecule has 0 atom stereocenters. The molecule has 90 valence electrons.